The van der Waals surface area contributed by atoms with Crippen LogP contribution in [0.4, 0.5) is 0 Å². The maximum absolute atomic E-state index is 5.94. The monoisotopic (exact) mass is 343 g/mol. The topological polar surface area (TPSA) is 25.2 Å². The number of rotatable bonds is 4. The highest BCUT2D eigenvalue weighted by molar-refractivity contribution is 9.10. The fourth-order valence-electron chi connectivity index (χ4n) is 2.54. The highest BCUT2D eigenvalue weighted by atomic mass is 79.9. The van der Waals surface area contributed by atoms with Crippen LogP contribution in [0, 0.1) is 0 Å². The highest BCUT2D eigenvalue weighted by Gasteiger charge is 2.15. The van der Waals surface area contributed by atoms with Crippen LogP contribution < -0.4 is 5.32 Å². The van der Waals surface area contributed by atoms with E-state index in [-0.39, 0.29) is 12.1 Å². The zero-order valence-electron chi connectivity index (χ0n) is 12.1. The third-order valence-corrected chi connectivity index (χ3v) is 4.22. The summed E-state index contributed by atoms with van der Waals surface area (Å²) in [4.78, 5) is 0. The van der Waals surface area contributed by atoms with Gasteiger partial charge in [-0.05, 0) is 43.7 Å². The molecular weight excluding hydrogens is 326 g/mol. The molecule has 1 aromatic heterocycles. The first-order valence-electron chi connectivity index (χ1n) is 7.13. The van der Waals surface area contributed by atoms with Crippen molar-refractivity contribution in [3.8, 4) is 0 Å². The number of halogens is 1. The SMILES string of the molecule is CC(N[C@@H](C)c1ccccc1)c1cc2cc(Br)ccc2o1. The van der Waals surface area contributed by atoms with E-state index in [0.29, 0.717) is 0 Å². The lowest BCUT2D eigenvalue weighted by Gasteiger charge is -2.18. The summed E-state index contributed by atoms with van der Waals surface area (Å²) in [5.74, 6) is 0.964. The van der Waals surface area contributed by atoms with Gasteiger partial charge in [0.2, 0.25) is 0 Å². The van der Waals surface area contributed by atoms with Crippen molar-refractivity contribution in [3.63, 3.8) is 0 Å². The maximum atomic E-state index is 5.94. The summed E-state index contributed by atoms with van der Waals surface area (Å²) in [5, 5.41) is 4.71. The molecule has 1 unspecified atom stereocenters. The quantitative estimate of drug-likeness (QED) is 0.666. The van der Waals surface area contributed by atoms with E-state index in [4.69, 9.17) is 4.42 Å². The van der Waals surface area contributed by atoms with E-state index in [1.807, 2.05) is 18.2 Å². The standard InChI is InChI=1S/C18H18BrNO/c1-12(14-6-4-3-5-7-14)20-13(2)18-11-15-10-16(19)8-9-17(15)21-18/h3-13,20H,1-2H3/t12-,13?/m0/s1. The van der Waals surface area contributed by atoms with Gasteiger partial charge in [-0.2, -0.15) is 0 Å². The van der Waals surface area contributed by atoms with Gasteiger partial charge in [0, 0.05) is 15.9 Å². The van der Waals surface area contributed by atoms with E-state index in [2.05, 4.69) is 71.5 Å². The molecule has 1 N–H and O–H groups in total. The molecule has 0 amide bonds. The highest BCUT2D eigenvalue weighted by Crippen LogP contribution is 2.27. The molecule has 0 saturated carbocycles. The molecule has 2 aromatic carbocycles. The predicted octanol–water partition coefficient (Wildman–Crippen LogP) is 5.61. The van der Waals surface area contributed by atoms with E-state index in [0.717, 1.165) is 21.2 Å². The van der Waals surface area contributed by atoms with Crippen LogP contribution >= 0.6 is 15.9 Å². The molecule has 21 heavy (non-hydrogen) atoms. The van der Waals surface area contributed by atoms with Crippen molar-refractivity contribution >= 4 is 26.9 Å². The van der Waals surface area contributed by atoms with Gasteiger partial charge in [0.05, 0.1) is 6.04 Å². The van der Waals surface area contributed by atoms with Gasteiger partial charge in [0.25, 0.3) is 0 Å². The number of benzene rings is 2. The van der Waals surface area contributed by atoms with Gasteiger partial charge in [-0.25, -0.2) is 0 Å². The Morgan fingerprint density at radius 3 is 2.48 bits per heavy atom. The maximum Gasteiger partial charge on any atom is 0.134 e. The predicted molar refractivity (Wildman–Crippen MR) is 90.3 cm³/mol. The van der Waals surface area contributed by atoms with Gasteiger partial charge >= 0.3 is 0 Å². The Bertz CT molecular complexity index is 735. The van der Waals surface area contributed by atoms with E-state index in [9.17, 15) is 0 Å². The van der Waals surface area contributed by atoms with Crippen molar-refractivity contribution < 1.29 is 4.42 Å². The summed E-state index contributed by atoms with van der Waals surface area (Å²) in [5.41, 5.74) is 2.21. The first-order chi connectivity index (χ1) is 10.1. The molecule has 0 radical (unpaired) electrons. The zero-order valence-corrected chi connectivity index (χ0v) is 13.7. The molecule has 0 saturated heterocycles. The van der Waals surface area contributed by atoms with Crippen LogP contribution in [0.15, 0.2) is 63.5 Å². The second-order valence-electron chi connectivity index (χ2n) is 5.35. The second-order valence-corrected chi connectivity index (χ2v) is 6.27. The Morgan fingerprint density at radius 2 is 1.71 bits per heavy atom. The molecule has 2 nitrogen and oxygen atoms in total. The van der Waals surface area contributed by atoms with E-state index < -0.39 is 0 Å². The molecular formula is C18H18BrNO. The smallest absolute Gasteiger partial charge is 0.134 e. The summed E-state index contributed by atoms with van der Waals surface area (Å²) in [6.45, 7) is 4.30. The molecule has 108 valence electrons. The van der Waals surface area contributed by atoms with Crippen LogP contribution in [0.25, 0.3) is 11.0 Å². The number of hydrogen-bond donors (Lipinski definition) is 1. The van der Waals surface area contributed by atoms with Gasteiger partial charge < -0.3 is 9.73 Å². The van der Waals surface area contributed by atoms with Crippen molar-refractivity contribution in [1.29, 1.82) is 0 Å². The lowest BCUT2D eigenvalue weighted by molar-refractivity contribution is 0.417. The molecule has 0 aliphatic carbocycles. The average molecular weight is 344 g/mol. The third kappa shape index (κ3) is 3.20. The first kappa shape index (κ1) is 14.4. The summed E-state index contributed by atoms with van der Waals surface area (Å²) in [7, 11) is 0. The Kier molecular flexibility index (Phi) is 4.13. The average Bonchev–Trinajstić information content (AvgIpc) is 2.91. The van der Waals surface area contributed by atoms with Crippen molar-refractivity contribution in [2.75, 3.05) is 0 Å². The Morgan fingerprint density at radius 1 is 0.952 bits per heavy atom. The number of furan rings is 1. The van der Waals surface area contributed by atoms with Gasteiger partial charge in [0.15, 0.2) is 0 Å². The van der Waals surface area contributed by atoms with Crippen molar-refractivity contribution in [1.82, 2.24) is 5.32 Å². The molecule has 2 atom stereocenters. The molecule has 0 spiro atoms. The number of hydrogen-bond acceptors (Lipinski definition) is 2. The Labute approximate surface area is 133 Å². The normalized spacial score (nSPS) is 14.2. The lowest BCUT2D eigenvalue weighted by atomic mass is 10.1. The van der Waals surface area contributed by atoms with Gasteiger partial charge in [-0.1, -0.05) is 46.3 Å². The van der Waals surface area contributed by atoms with Gasteiger partial charge in [0.1, 0.15) is 11.3 Å². The summed E-state index contributed by atoms with van der Waals surface area (Å²) in [6, 6.07) is 19.1. The van der Waals surface area contributed by atoms with Gasteiger partial charge in [-0.15, -0.1) is 0 Å². The third-order valence-electron chi connectivity index (χ3n) is 3.72. The molecule has 1 heterocycles. The largest absolute Gasteiger partial charge is 0.459 e. The molecule has 0 aliphatic rings. The van der Waals surface area contributed by atoms with Crippen LogP contribution in [0.5, 0.6) is 0 Å². The summed E-state index contributed by atoms with van der Waals surface area (Å²) >= 11 is 3.49. The number of nitrogens with one attached hydrogen (secondary N) is 1. The second kappa shape index (κ2) is 6.04. The minimum absolute atomic E-state index is 0.159. The summed E-state index contributed by atoms with van der Waals surface area (Å²) in [6.07, 6.45) is 0. The molecule has 0 bridgehead atoms. The fourth-order valence-corrected chi connectivity index (χ4v) is 2.92. The fraction of sp³-hybridized carbons (Fsp3) is 0.222. The van der Waals surface area contributed by atoms with Crippen LogP contribution in [-0.2, 0) is 0 Å². The first-order valence-corrected chi connectivity index (χ1v) is 7.93. The van der Waals surface area contributed by atoms with Crippen molar-refractivity contribution in [2.45, 2.75) is 25.9 Å². The van der Waals surface area contributed by atoms with Crippen molar-refractivity contribution in [2.24, 2.45) is 0 Å². The lowest BCUT2D eigenvalue weighted by Crippen LogP contribution is -2.22. The van der Waals surface area contributed by atoms with E-state index >= 15 is 0 Å². The molecule has 0 aliphatic heterocycles. The van der Waals surface area contributed by atoms with E-state index in [1.54, 1.807) is 0 Å². The minimum atomic E-state index is 0.159. The Hall–Kier alpha value is -1.58. The van der Waals surface area contributed by atoms with Crippen LogP contribution in [-0.4, -0.2) is 0 Å². The molecule has 3 rings (SSSR count). The number of fused-ring (bicyclic) bond motifs is 1. The van der Waals surface area contributed by atoms with E-state index in [1.165, 1.54) is 5.56 Å². The summed E-state index contributed by atoms with van der Waals surface area (Å²) < 4.78 is 7.01. The van der Waals surface area contributed by atoms with Crippen LogP contribution in [0.1, 0.15) is 37.3 Å². The zero-order chi connectivity index (χ0) is 14.8. The van der Waals surface area contributed by atoms with Crippen molar-refractivity contribution in [3.05, 3.63) is 70.4 Å². The molecule has 3 heteroatoms. The molecule has 3 aromatic rings. The van der Waals surface area contributed by atoms with Crippen LogP contribution in [0.3, 0.4) is 0 Å². The molecule has 0 fully saturated rings. The van der Waals surface area contributed by atoms with Crippen LogP contribution in [0.2, 0.25) is 0 Å². The Balaban J connectivity index is 1.79. The minimum Gasteiger partial charge on any atom is -0.459 e. The van der Waals surface area contributed by atoms with Gasteiger partial charge in [-0.3, -0.25) is 0 Å².